The minimum Gasteiger partial charge on any atom is -0.497 e. The highest BCUT2D eigenvalue weighted by atomic mass is 16.5. The highest BCUT2D eigenvalue weighted by Crippen LogP contribution is 2.29. The molecule has 0 atom stereocenters. The normalized spacial score (nSPS) is 10.5. The first kappa shape index (κ1) is 18.4. The first-order chi connectivity index (χ1) is 14.2. The summed E-state index contributed by atoms with van der Waals surface area (Å²) in [6.45, 7) is 0. The molecule has 0 aliphatic carbocycles. The Hall–Kier alpha value is -3.93. The predicted molar refractivity (Wildman–Crippen MR) is 112 cm³/mol. The fraction of sp³-hybridized carbons (Fsp3) is 0.0870. The number of carbonyl (C=O) groups excluding carboxylic acids is 1. The number of hydrogen-bond acceptors (Lipinski definition) is 4. The molecule has 1 heterocycles. The van der Waals surface area contributed by atoms with Crippen molar-refractivity contribution >= 4 is 5.91 Å². The summed E-state index contributed by atoms with van der Waals surface area (Å²) >= 11 is 0. The molecule has 0 saturated heterocycles. The lowest BCUT2D eigenvalue weighted by atomic mass is 10.1. The molecule has 0 aliphatic heterocycles. The molecule has 4 aromatic rings. The molecule has 1 amide bonds. The number of ether oxygens (including phenoxy) is 1. The summed E-state index contributed by atoms with van der Waals surface area (Å²) in [7, 11) is 1.61. The predicted octanol–water partition coefficient (Wildman–Crippen LogP) is 3.93. The summed E-state index contributed by atoms with van der Waals surface area (Å²) in [5.41, 5.74) is 7.03. The Morgan fingerprint density at radius 3 is 2.14 bits per heavy atom. The van der Waals surface area contributed by atoms with Crippen LogP contribution in [-0.2, 0) is 11.2 Å². The van der Waals surface area contributed by atoms with Gasteiger partial charge in [-0.2, -0.15) is 4.79 Å². The quantitative estimate of drug-likeness (QED) is 0.547. The number of methoxy groups -OCH3 is 1. The maximum absolute atomic E-state index is 12.6. The molecule has 0 aliphatic rings. The first-order valence-corrected chi connectivity index (χ1v) is 9.24. The van der Waals surface area contributed by atoms with Gasteiger partial charge in [-0.25, -0.2) is 5.43 Å². The third-order valence-electron chi connectivity index (χ3n) is 4.52. The molecule has 0 spiro atoms. The van der Waals surface area contributed by atoms with Gasteiger partial charge in [0.1, 0.15) is 17.1 Å². The Morgan fingerprint density at radius 2 is 1.52 bits per heavy atom. The van der Waals surface area contributed by atoms with Gasteiger partial charge in [-0.1, -0.05) is 72.8 Å². The van der Waals surface area contributed by atoms with E-state index in [1.165, 1.54) is 4.79 Å². The third kappa shape index (κ3) is 4.16. The van der Waals surface area contributed by atoms with Crippen LogP contribution in [0.2, 0.25) is 0 Å². The van der Waals surface area contributed by atoms with Crippen LogP contribution in [0.4, 0.5) is 0 Å². The van der Waals surface area contributed by atoms with E-state index >= 15 is 0 Å². The van der Waals surface area contributed by atoms with Gasteiger partial charge in [0.05, 0.1) is 13.5 Å². The molecule has 0 radical (unpaired) electrons. The van der Waals surface area contributed by atoms with Crippen molar-refractivity contribution in [2.24, 2.45) is 0 Å². The van der Waals surface area contributed by atoms with Crippen LogP contribution in [0.5, 0.6) is 5.75 Å². The molecule has 6 nitrogen and oxygen atoms in total. The monoisotopic (exact) mass is 384 g/mol. The van der Waals surface area contributed by atoms with E-state index in [2.05, 4.69) is 15.7 Å². The lowest BCUT2D eigenvalue weighted by Gasteiger charge is -2.10. The Bertz CT molecular complexity index is 1090. The van der Waals surface area contributed by atoms with Gasteiger partial charge in [0, 0.05) is 11.1 Å². The number of nitrogens with zero attached hydrogens (tertiary/aromatic N) is 3. The van der Waals surface area contributed by atoms with Crippen molar-refractivity contribution in [3.8, 4) is 28.3 Å². The third-order valence-corrected chi connectivity index (χ3v) is 4.52. The average molecular weight is 384 g/mol. The van der Waals surface area contributed by atoms with Gasteiger partial charge in [-0.15, -0.1) is 5.10 Å². The van der Waals surface area contributed by atoms with Crippen LogP contribution < -0.4 is 10.2 Å². The van der Waals surface area contributed by atoms with Gasteiger partial charge in [0.2, 0.25) is 5.91 Å². The van der Waals surface area contributed by atoms with E-state index in [0.717, 1.165) is 28.1 Å². The topological polar surface area (TPSA) is 69.0 Å². The summed E-state index contributed by atoms with van der Waals surface area (Å²) in [5.74, 6) is 0.571. The largest absolute Gasteiger partial charge is 0.497 e. The summed E-state index contributed by atoms with van der Waals surface area (Å²) in [4.78, 5) is 14.1. The van der Waals surface area contributed by atoms with E-state index in [4.69, 9.17) is 4.74 Å². The lowest BCUT2D eigenvalue weighted by Crippen LogP contribution is -2.26. The molecule has 0 saturated carbocycles. The fourth-order valence-electron chi connectivity index (χ4n) is 3.09. The molecule has 0 unspecified atom stereocenters. The summed E-state index contributed by atoms with van der Waals surface area (Å²) < 4.78 is 5.16. The van der Waals surface area contributed by atoms with E-state index in [9.17, 15) is 4.79 Å². The Morgan fingerprint density at radius 1 is 0.897 bits per heavy atom. The van der Waals surface area contributed by atoms with Gasteiger partial charge in [0.15, 0.2) is 0 Å². The van der Waals surface area contributed by atoms with Crippen LogP contribution in [0.3, 0.4) is 0 Å². The molecule has 29 heavy (non-hydrogen) atoms. The zero-order valence-corrected chi connectivity index (χ0v) is 15.9. The molecule has 6 heteroatoms. The highest BCUT2D eigenvalue weighted by molar-refractivity contribution is 5.87. The second kappa shape index (κ2) is 8.39. The molecule has 1 aromatic heterocycles. The number of rotatable bonds is 6. The Kier molecular flexibility index (Phi) is 5.33. The number of benzene rings is 3. The van der Waals surface area contributed by atoms with Crippen LogP contribution >= 0.6 is 0 Å². The molecule has 0 bridgehead atoms. The van der Waals surface area contributed by atoms with Gasteiger partial charge in [-0.05, 0) is 22.9 Å². The highest BCUT2D eigenvalue weighted by Gasteiger charge is 2.18. The molecule has 3 aromatic carbocycles. The van der Waals surface area contributed by atoms with Crippen molar-refractivity contribution in [2.75, 3.05) is 12.5 Å². The Balaban J connectivity index is 1.63. The average Bonchev–Trinajstić information content (AvgIpc) is 3.19. The number of hydrogen-bond donors (Lipinski definition) is 1. The summed E-state index contributed by atoms with van der Waals surface area (Å²) in [5, 5.41) is 8.52. The molecular formula is C23H20N4O2. The molecule has 1 N–H and O–H groups in total. The second-order valence-electron chi connectivity index (χ2n) is 6.49. The van der Waals surface area contributed by atoms with Crippen LogP contribution in [-0.4, -0.2) is 28.1 Å². The second-order valence-corrected chi connectivity index (χ2v) is 6.49. The maximum atomic E-state index is 12.6. The van der Waals surface area contributed by atoms with Crippen molar-refractivity contribution in [3.63, 3.8) is 0 Å². The summed E-state index contributed by atoms with van der Waals surface area (Å²) in [6.07, 6.45) is 0.221. The standard InChI is InChI=1S/C23H20N4O2/c1-29-20-14-12-17(13-15-20)16-21(28)25-27-23(19-10-6-3-7-11-19)22(24-26-27)18-8-4-2-5-9-18/h2-15H,16H2,1H3,(H,25,28). The fourth-order valence-corrected chi connectivity index (χ4v) is 3.09. The summed E-state index contributed by atoms with van der Waals surface area (Å²) in [6, 6.07) is 27.0. The van der Waals surface area contributed by atoms with Gasteiger partial charge < -0.3 is 4.74 Å². The smallest absolute Gasteiger partial charge is 0.244 e. The molecule has 144 valence electrons. The van der Waals surface area contributed by atoms with E-state index < -0.39 is 0 Å². The zero-order valence-electron chi connectivity index (χ0n) is 15.9. The van der Waals surface area contributed by atoms with Crippen molar-refractivity contribution in [2.45, 2.75) is 6.42 Å². The van der Waals surface area contributed by atoms with Crippen LogP contribution in [0, 0.1) is 0 Å². The van der Waals surface area contributed by atoms with Crippen molar-refractivity contribution < 1.29 is 9.53 Å². The minimum absolute atomic E-state index is 0.183. The van der Waals surface area contributed by atoms with E-state index in [1.807, 2.05) is 84.9 Å². The van der Waals surface area contributed by atoms with E-state index in [0.29, 0.717) is 5.69 Å². The van der Waals surface area contributed by atoms with Crippen molar-refractivity contribution in [3.05, 3.63) is 90.5 Å². The molecule has 0 fully saturated rings. The number of amides is 1. The van der Waals surface area contributed by atoms with Crippen molar-refractivity contribution in [1.29, 1.82) is 0 Å². The van der Waals surface area contributed by atoms with Crippen molar-refractivity contribution in [1.82, 2.24) is 15.1 Å². The Labute approximate surface area is 168 Å². The number of carbonyl (C=O) groups is 1. The minimum atomic E-state index is -0.183. The van der Waals surface area contributed by atoms with Gasteiger partial charge in [-0.3, -0.25) is 4.79 Å². The van der Waals surface area contributed by atoms with E-state index in [1.54, 1.807) is 7.11 Å². The van der Waals surface area contributed by atoms with Gasteiger partial charge in [0.25, 0.3) is 0 Å². The molecular weight excluding hydrogens is 364 g/mol. The lowest BCUT2D eigenvalue weighted by molar-refractivity contribution is -0.116. The first-order valence-electron chi connectivity index (χ1n) is 9.24. The SMILES string of the molecule is COc1ccc(CC(=O)Nn2nnc(-c3ccccc3)c2-c2ccccc2)cc1. The zero-order chi connectivity index (χ0) is 20.1. The van der Waals surface area contributed by atoms with Gasteiger partial charge >= 0.3 is 0 Å². The van der Waals surface area contributed by atoms with Crippen LogP contribution in [0.15, 0.2) is 84.9 Å². The maximum Gasteiger partial charge on any atom is 0.244 e. The van der Waals surface area contributed by atoms with Crippen LogP contribution in [0.1, 0.15) is 5.56 Å². The van der Waals surface area contributed by atoms with Crippen LogP contribution in [0.25, 0.3) is 22.5 Å². The van der Waals surface area contributed by atoms with E-state index in [-0.39, 0.29) is 12.3 Å². The number of nitrogens with one attached hydrogen (secondary N) is 1. The number of aromatic nitrogens is 3. The molecule has 4 rings (SSSR count).